The van der Waals surface area contributed by atoms with Crippen LogP contribution in [0.2, 0.25) is 0 Å². The van der Waals surface area contributed by atoms with Gasteiger partial charge >= 0.3 is 0 Å². The van der Waals surface area contributed by atoms with Crippen molar-refractivity contribution in [2.75, 3.05) is 25.9 Å². The van der Waals surface area contributed by atoms with E-state index in [1.165, 1.54) is 25.5 Å². The van der Waals surface area contributed by atoms with E-state index in [9.17, 15) is 8.42 Å². The van der Waals surface area contributed by atoms with Gasteiger partial charge in [0.15, 0.2) is 9.84 Å². The van der Waals surface area contributed by atoms with Crippen LogP contribution in [0.3, 0.4) is 0 Å². The fourth-order valence-corrected chi connectivity index (χ4v) is 3.56. The molecular formula is C16H26N2O2S. The maximum atomic E-state index is 11.4. The zero-order valence-electron chi connectivity index (χ0n) is 13.0. The number of hydrogen-bond donors (Lipinski definition) is 2. The van der Waals surface area contributed by atoms with Gasteiger partial charge in [0.05, 0.1) is 4.90 Å². The lowest BCUT2D eigenvalue weighted by atomic mass is 9.78. The summed E-state index contributed by atoms with van der Waals surface area (Å²) >= 11 is 0. The van der Waals surface area contributed by atoms with E-state index in [0.29, 0.717) is 10.3 Å². The Bertz CT molecular complexity index is 546. The molecule has 0 radical (unpaired) electrons. The van der Waals surface area contributed by atoms with Crippen molar-refractivity contribution >= 4 is 9.84 Å². The molecule has 21 heavy (non-hydrogen) atoms. The Hall–Kier alpha value is -0.910. The molecule has 4 nitrogen and oxygen atoms in total. The summed E-state index contributed by atoms with van der Waals surface area (Å²) in [4.78, 5) is 0.382. The third kappa shape index (κ3) is 4.53. The molecule has 2 rings (SSSR count). The fraction of sp³-hybridized carbons (Fsp3) is 0.625. The van der Waals surface area contributed by atoms with Gasteiger partial charge in [-0.2, -0.15) is 0 Å². The Morgan fingerprint density at radius 2 is 2.00 bits per heavy atom. The molecule has 5 heteroatoms. The van der Waals surface area contributed by atoms with Crippen LogP contribution in [0.1, 0.15) is 31.7 Å². The van der Waals surface area contributed by atoms with Crippen molar-refractivity contribution in [2.24, 2.45) is 5.41 Å². The van der Waals surface area contributed by atoms with Gasteiger partial charge in [0.25, 0.3) is 0 Å². The van der Waals surface area contributed by atoms with Crippen molar-refractivity contribution in [3.63, 3.8) is 0 Å². The first-order valence-electron chi connectivity index (χ1n) is 7.66. The van der Waals surface area contributed by atoms with Crippen LogP contribution in [0.15, 0.2) is 29.2 Å². The molecule has 0 amide bonds. The van der Waals surface area contributed by atoms with E-state index >= 15 is 0 Å². The smallest absolute Gasteiger partial charge is 0.175 e. The summed E-state index contributed by atoms with van der Waals surface area (Å²) in [5, 5.41) is 7.02. The zero-order chi connectivity index (χ0) is 15.3. The fourth-order valence-electron chi connectivity index (χ4n) is 2.93. The molecule has 2 N–H and O–H groups in total. The van der Waals surface area contributed by atoms with E-state index in [2.05, 4.69) is 17.6 Å². The Morgan fingerprint density at radius 1 is 1.29 bits per heavy atom. The summed E-state index contributed by atoms with van der Waals surface area (Å²) in [7, 11) is -3.10. The second-order valence-electron chi connectivity index (χ2n) is 6.15. The van der Waals surface area contributed by atoms with Crippen LogP contribution in [-0.2, 0) is 16.4 Å². The highest BCUT2D eigenvalue weighted by Gasteiger charge is 2.29. The third-order valence-electron chi connectivity index (χ3n) is 4.49. The lowest BCUT2D eigenvalue weighted by Gasteiger charge is -2.37. The first-order valence-corrected chi connectivity index (χ1v) is 9.55. The van der Waals surface area contributed by atoms with Crippen LogP contribution in [0.4, 0.5) is 0 Å². The molecular weight excluding hydrogens is 284 g/mol. The number of benzene rings is 1. The minimum absolute atomic E-state index is 0.366. The maximum Gasteiger partial charge on any atom is 0.175 e. The van der Waals surface area contributed by atoms with E-state index in [1.54, 1.807) is 12.1 Å². The number of piperidine rings is 1. The van der Waals surface area contributed by atoms with Gasteiger partial charge in [0.1, 0.15) is 0 Å². The summed E-state index contributed by atoms with van der Waals surface area (Å²) in [5.41, 5.74) is 1.49. The molecule has 0 spiro atoms. The highest BCUT2D eigenvalue weighted by molar-refractivity contribution is 7.90. The van der Waals surface area contributed by atoms with E-state index in [0.717, 1.165) is 31.7 Å². The molecule has 0 aliphatic carbocycles. The second-order valence-corrected chi connectivity index (χ2v) is 8.17. The first kappa shape index (κ1) is 16.5. The molecule has 1 aromatic carbocycles. The van der Waals surface area contributed by atoms with Crippen molar-refractivity contribution in [2.45, 2.75) is 37.6 Å². The predicted molar refractivity (Wildman–Crippen MR) is 86.1 cm³/mol. The highest BCUT2D eigenvalue weighted by Crippen LogP contribution is 2.29. The topological polar surface area (TPSA) is 58.2 Å². The molecule has 1 fully saturated rings. The Morgan fingerprint density at radius 3 is 2.52 bits per heavy atom. The molecule has 1 saturated heterocycles. The average Bonchev–Trinajstić information content (AvgIpc) is 2.48. The highest BCUT2D eigenvalue weighted by atomic mass is 32.2. The molecule has 0 saturated carbocycles. The number of sulfone groups is 1. The van der Waals surface area contributed by atoms with Crippen LogP contribution < -0.4 is 10.6 Å². The predicted octanol–water partition coefficient (Wildman–Crippen LogP) is 1.96. The number of nitrogens with one attached hydrogen (secondary N) is 2. The van der Waals surface area contributed by atoms with Crippen molar-refractivity contribution in [1.29, 1.82) is 0 Å². The van der Waals surface area contributed by atoms with Crippen LogP contribution in [-0.4, -0.2) is 34.3 Å². The molecule has 1 aliphatic heterocycles. The summed E-state index contributed by atoms with van der Waals surface area (Å²) in [6, 6.07) is 7.15. The van der Waals surface area contributed by atoms with Gasteiger partial charge < -0.3 is 10.6 Å². The van der Waals surface area contributed by atoms with Gasteiger partial charge in [0, 0.05) is 25.9 Å². The standard InChI is InChI=1S/C16H26N2O2S/c1-3-16(9-4-10-17-12-16)13-18-11-14-5-7-15(8-6-14)21(2,19)20/h5-8,17-18H,3-4,9-13H2,1-2H3. The first-order chi connectivity index (χ1) is 9.95. The van der Waals surface area contributed by atoms with Gasteiger partial charge in [-0.3, -0.25) is 0 Å². The van der Waals surface area contributed by atoms with Crippen molar-refractivity contribution in [3.05, 3.63) is 29.8 Å². The maximum absolute atomic E-state index is 11.4. The van der Waals surface area contributed by atoms with E-state index in [1.807, 2.05) is 12.1 Å². The number of rotatable bonds is 6. The van der Waals surface area contributed by atoms with Crippen molar-refractivity contribution in [1.82, 2.24) is 10.6 Å². The molecule has 1 aliphatic rings. The van der Waals surface area contributed by atoms with Crippen LogP contribution in [0.25, 0.3) is 0 Å². The molecule has 1 heterocycles. The summed E-state index contributed by atoms with van der Waals surface area (Å²) < 4.78 is 22.8. The number of hydrogen-bond acceptors (Lipinski definition) is 4. The molecule has 0 bridgehead atoms. The SMILES string of the molecule is CCC1(CNCc2ccc(S(C)(=O)=O)cc2)CCCNC1. The van der Waals surface area contributed by atoms with Crippen LogP contribution in [0.5, 0.6) is 0 Å². The molecule has 1 atom stereocenters. The van der Waals surface area contributed by atoms with Crippen LogP contribution in [0, 0.1) is 5.41 Å². The Balaban J connectivity index is 1.88. The monoisotopic (exact) mass is 310 g/mol. The quantitative estimate of drug-likeness (QED) is 0.843. The molecule has 1 unspecified atom stereocenters. The molecule has 1 aromatic rings. The molecule has 0 aromatic heterocycles. The average molecular weight is 310 g/mol. The normalized spacial score (nSPS) is 23.1. The molecule has 118 valence electrons. The minimum atomic E-state index is -3.10. The van der Waals surface area contributed by atoms with E-state index in [-0.39, 0.29) is 0 Å². The van der Waals surface area contributed by atoms with Crippen molar-refractivity contribution < 1.29 is 8.42 Å². The Kier molecular flexibility index (Phi) is 5.41. The van der Waals surface area contributed by atoms with E-state index < -0.39 is 9.84 Å². The van der Waals surface area contributed by atoms with Gasteiger partial charge in [-0.15, -0.1) is 0 Å². The zero-order valence-corrected chi connectivity index (χ0v) is 13.8. The summed E-state index contributed by atoms with van der Waals surface area (Å²) in [6.07, 6.45) is 4.94. The van der Waals surface area contributed by atoms with Gasteiger partial charge in [0.2, 0.25) is 0 Å². The second kappa shape index (κ2) is 6.90. The largest absolute Gasteiger partial charge is 0.316 e. The summed E-state index contributed by atoms with van der Waals surface area (Å²) in [6.45, 7) is 6.27. The van der Waals surface area contributed by atoms with Crippen LogP contribution >= 0.6 is 0 Å². The minimum Gasteiger partial charge on any atom is -0.316 e. The van der Waals surface area contributed by atoms with Gasteiger partial charge in [-0.05, 0) is 48.9 Å². The van der Waals surface area contributed by atoms with Crippen molar-refractivity contribution in [3.8, 4) is 0 Å². The summed E-state index contributed by atoms with van der Waals surface area (Å²) in [5.74, 6) is 0. The Labute approximate surface area is 128 Å². The van der Waals surface area contributed by atoms with E-state index in [4.69, 9.17) is 0 Å². The van der Waals surface area contributed by atoms with Gasteiger partial charge in [-0.25, -0.2) is 8.42 Å². The van der Waals surface area contributed by atoms with Gasteiger partial charge in [-0.1, -0.05) is 19.1 Å². The lowest BCUT2D eigenvalue weighted by molar-refractivity contribution is 0.192. The third-order valence-corrected chi connectivity index (χ3v) is 5.62. The lowest BCUT2D eigenvalue weighted by Crippen LogP contribution is -2.45.